The van der Waals surface area contributed by atoms with Gasteiger partial charge in [-0.15, -0.1) is 0 Å². The van der Waals surface area contributed by atoms with E-state index in [-0.39, 0.29) is 12.0 Å². The molecule has 0 heterocycles. The Morgan fingerprint density at radius 3 is 2.31 bits per heavy atom. The molecule has 0 aliphatic heterocycles. The topological polar surface area (TPSA) is 55.1 Å². The van der Waals surface area contributed by atoms with Crippen molar-refractivity contribution in [2.75, 3.05) is 6.54 Å². The van der Waals surface area contributed by atoms with Gasteiger partial charge >= 0.3 is 6.18 Å². The molecule has 0 aliphatic rings. The van der Waals surface area contributed by atoms with Crippen LogP contribution in [0.4, 0.5) is 13.2 Å². The van der Waals surface area contributed by atoms with Crippen LogP contribution in [0.25, 0.3) is 0 Å². The molecule has 0 aromatic rings. The molecule has 16 heavy (non-hydrogen) atoms. The molecule has 0 aromatic heterocycles. The van der Waals surface area contributed by atoms with Crippen LogP contribution in [0.5, 0.6) is 0 Å². The van der Waals surface area contributed by atoms with E-state index in [9.17, 15) is 18.0 Å². The van der Waals surface area contributed by atoms with Crippen LogP contribution in [0.3, 0.4) is 0 Å². The Balaban J connectivity index is 4.00. The predicted octanol–water partition coefficient (Wildman–Crippen LogP) is 1.82. The Labute approximate surface area is 93.6 Å². The fourth-order valence-electron chi connectivity index (χ4n) is 1.29. The average Bonchev–Trinajstić information content (AvgIpc) is 2.13. The van der Waals surface area contributed by atoms with Gasteiger partial charge < -0.3 is 11.1 Å². The zero-order chi connectivity index (χ0) is 12.8. The van der Waals surface area contributed by atoms with Crippen molar-refractivity contribution in [2.24, 2.45) is 11.7 Å². The van der Waals surface area contributed by atoms with Gasteiger partial charge in [-0.3, -0.25) is 4.79 Å². The van der Waals surface area contributed by atoms with Gasteiger partial charge in [0.05, 0.1) is 6.42 Å². The third-order valence-electron chi connectivity index (χ3n) is 2.26. The molecule has 0 saturated carbocycles. The van der Waals surface area contributed by atoms with Crippen LogP contribution < -0.4 is 11.1 Å². The highest BCUT2D eigenvalue weighted by molar-refractivity contribution is 5.76. The van der Waals surface area contributed by atoms with Gasteiger partial charge in [-0.2, -0.15) is 13.2 Å². The number of halogens is 3. The van der Waals surface area contributed by atoms with Crippen molar-refractivity contribution in [3.05, 3.63) is 0 Å². The van der Waals surface area contributed by atoms with Crippen LogP contribution in [0, 0.1) is 5.92 Å². The number of amides is 1. The zero-order valence-electron chi connectivity index (χ0n) is 9.60. The fourth-order valence-corrected chi connectivity index (χ4v) is 1.29. The molecule has 96 valence electrons. The smallest absolute Gasteiger partial charge is 0.353 e. The van der Waals surface area contributed by atoms with Gasteiger partial charge in [0, 0.05) is 12.5 Å². The second-order valence-electron chi connectivity index (χ2n) is 4.11. The van der Waals surface area contributed by atoms with E-state index in [0.717, 1.165) is 0 Å². The maximum atomic E-state index is 11.9. The van der Waals surface area contributed by atoms with Crippen molar-refractivity contribution >= 4 is 5.91 Å². The summed E-state index contributed by atoms with van der Waals surface area (Å²) in [6, 6.07) is -0.147. The molecule has 3 nitrogen and oxygen atoms in total. The van der Waals surface area contributed by atoms with E-state index < -0.39 is 24.9 Å². The molecule has 0 spiro atoms. The second kappa shape index (κ2) is 6.73. The lowest BCUT2D eigenvalue weighted by molar-refractivity contribution is -0.144. The highest BCUT2D eigenvalue weighted by Gasteiger charge is 2.28. The Hall–Kier alpha value is -0.780. The minimum Gasteiger partial charge on any atom is -0.353 e. The lowest BCUT2D eigenvalue weighted by atomic mass is 10.0. The second-order valence-corrected chi connectivity index (χ2v) is 4.11. The summed E-state index contributed by atoms with van der Waals surface area (Å²) in [5.41, 5.74) is 5.35. The molecule has 0 aromatic carbocycles. The van der Waals surface area contributed by atoms with Crippen molar-refractivity contribution in [1.82, 2.24) is 5.32 Å². The van der Waals surface area contributed by atoms with Crippen molar-refractivity contribution in [2.45, 2.75) is 45.3 Å². The number of hydrogen-bond acceptors (Lipinski definition) is 2. The Kier molecular flexibility index (Phi) is 6.40. The first-order valence-electron chi connectivity index (χ1n) is 5.32. The molecule has 1 amide bonds. The van der Waals surface area contributed by atoms with Gasteiger partial charge in [0.15, 0.2) is 0 Å². The van der Waals surface area contributed by atoms with Crippen molar-refractivity contribution in [3.8, 4) is 0 Å². The standard InChI is InChI=1S/C10H19F3N2O/c1-7(2)8(4-6-14)15-9(16)3-5-10(11,12)13/h7-8H,3-6,14H2,1-2H3,(H,15,16). The summed E-state index contributed by atoms with van der Waals surface area (Å²) in [4.78, 5) is 11.2. The summed E-state index contributed by atoms with van der Waals surface area (Å²) in [6.45, 7) is 4.19. The predicted molar refractivity (Wildman–Crippen MR) is 55.7 cm³/mol. The quantitative estimate of drug-likeness (QED) is 0.744. The number of carbonyl (C=O) groups is 1. The third kappa shape index (κ3) is 7.50. The maximum absolute atomic E-state index is 11.9. The summed E-state index contributed by atoms with van der Waals surface area (Å²) >= 11 is 0. The number of nitrogens with one attached hydrogen (secondary N) is 1. The van der Waals surface area contributed by atoms with E-state index in [1.54, 1.807) is 0 Å². The molecule has 0 saturated heterocycles. The van der Waals surface area contributed by atoms with Gasteiger partial charge in [-0.05, 0) is 18.9 Å². The maximum Gasteiger partial charge on any atom is 0.389 e. The van der Waals surface area contributed by atoms with Gasteiger partial charge in [0.1, 0.15) is 0 Å². The van der Waals surface area contributed by atoms with Crippen LogP contribution in [-0.2, 0) is 4.79 Å². The highest BCUT2D eigenvalue weighted by Crippen LogP contribution is 2.21. The Morgan fingerprint density at radius 2 is 1.94 bits per heavy atom. The third-order valence-corrected chi connectivity index (χ3v) is 2.26. The van der Waals surface area contributed by atoms with E-state index in [2.05, 4.69) is 5.32 Å². The molecule has 0 rings (SSSR count). The van der Waals surface area contributed by atoms with Crippen LogP contribution in [0.2, 0.25) is 0 Å². The first-order chi connectivity index (χ1) is 7.26. The molecule has 0 bridgehead atoms. The number of carbonyl (C=O) groups excluding carboxylic acids is 1. The Bertz CT molecular complexity index is 217. The van der Waals surface area contributed by atoms with E-state index in [1.807, 2.05) is 13.8 Å². The number of alkyl halides is 3. The minimum absolute atomic E-state index is 0.147. The molecule has 6 heteroatoms. The Morgan fingerprint density at radius 1 is 1.38 bits per heavy atom. The summed E-state index contributed by atoms with van der Waals surface area (Å²) in [7, 11) is 0. The molecular formula is C10H19F3N2O. The number of hydrogen-bond donors (Lipinski definition) is 2. The van der Waals surface area contributed by atoms with Crippen LogP contribution >= 0.6 is 0 Å². The van der Waals surface area contributed by atoms with Crippen molar-refractivity contribution in [1.29, 1.82) is 0 Å². The number of nitrogens with two attached hydrogens (primary N) is 1. The van der Waals surface area contributed by atoms with Crippen molar-refractivity contribution < 1.29 is 18.0 Å². The molecule has 1 atom stereocenters. The van der Waals surface area contributed by atoms with E-state index in [4.69, 9.17) is 5.73 Å². The zero-order valence-corrected chi connectivity index (χ0v) is 9.60. The lowest BCUT2D eigenvalue weighted by Gasteiger charge is -2.21. The summed E-state index contributed by atoms with van der Waals surface area (Å²) in [5.74, 6) is -0.400. The largest absolute Gasteiger partial charge is 0.389 e. The van der Waals surface area contributed by atoms with Gasteiger partial charge in [0.2, 0.25) is 5.91 Å². The normalized spacial score (nSPS) is 13.9. The van der Waals surface area contributed by atoms with E-state index >= 15 is 0 Å². The van der Waals surface area contributed by atoms with E-state index in [1.165, 1.54) is 0 Å². The van der Waals surface area contributed by atoms with Gasteiger partial charge in [-0.1, -0.05) is 13.8 Å². The average molecular weight is 240 g/mol. The van der Waals surface area contributed by atoms with Gasteiger partial charge in [-0.25, -0.2) is 0 Å². The first-order valence-corrected chi connectivity index (χ1v) is 5.32. The molecule has 0 aliphatic carbocycles. The first kappa shape index (κ1) is 15.2. The monoisotopic (exact) mass is 240 g/mol. The molecular weight excluding hydrogens is 221 g/mol. The summed E-state index contributed by atoms with van der Waals surface area (Å²) in [6.07, 6.45) is -5.29. The molecule has 0 radical (unpaired) electrons. The SMILES string of the molecule is CC(C)C(CCN)NC(=O)CCC(F)(F)F. The van der Waals surface area contributed by atoms with Crippen LogP contribution in [0.15, 0.2) is 0 Å². The van der Waals surface area contributed by atoms with E-state index in [0.29, 0.717) is 13.0 Å². The summed E-state index contributed by atoms with van der Waals surface area (Å²) < 4.78 is 35.6. The van der Waals surface area contributed by atoms with Gasteiger partial charge in [0.25, 0.3) is 0 Å². The van der Waals surface area contributed by atoms with Crippen LogP contribution in [0.1, 0.15) is 33.1 Å². The minimum atomic E-state index is -4.28. The molecule has 3 N–H and O–H groups in total. The van der Waals surface area contributed by atoms with Crippen molar-refractivity contribution in [3.63, 3.8) is 0 Å². The van der Waals surface area contributed by atoms with Crippen LogP contribution in [-0.4, -0.2) is 24.7 Å². The lowest BCUT2D eigenvalue weighted by Crippen LogP contribution is -2.40. The fraction of sp³-hybridized carbons (Fsp3) is 0.900. The molecule has 1 unspecified atom stereocenters. The highest BCUT2D eigenvalue weighted by atomic mass is 19.4. The molecule has 0 fully saturated rings. The summed E-state index contributed by atoms with van der Waals surface area (Å²) in [5, 5.41) is 2.57. The number of rotatable bonds is 6.